The van der Waals surface area contributed by atoms with Gasteiger partial charge in [0.2, 0.25) is 0 Å². The largest absolute Gasteiger partial charge is 0.483 e. The molecule has 0 saturated carbocycles. The highest BCUT2D eigenvalue weighted by atomic mass is 79.9. The van der Waals surface area contributed by atoms with Gasteiger partial charge in [0.15, 0.2) is 6.61 Å². The molecule has 0 radical (unpaired) electrons. The van der Waals surface area contributed by atoms with Gasteiger partial charge in [0.05, 0.1) is 4.47 Å². The van der Waals surface area contributed by atoms with Crippen molar-refractivity contribution >= 4 is 38.3 Å². The Kier molecular flexibility index (Phi) is 5.03. The van der Waals surface area contributed by atoms with E-state index in [1.54, 1.807) is 0 Å². The molecule has 138 valence electrons. The van der Waals surface area contributed by atoms with Crippen molar-refractivity contribution in [2.45, 2.75) is 13.3 Å². The SMILES string of the molecule is Cc1ccc(OCC(=O)N2CC=C(c3c[nH]c4ccccc34)CC2)c(Br)c1. The highest BCUT2D eigenvalue weighted by Crippen LogP contribution is 2.29. The van der Waals surface area contributed by atoms with Crippen LogP contribution in [0, 0.1) is 6.92 Å². The number of aryl methyl sites for hydroxylation is 1. The van der Waals surface area contributed by atoms with Crippen molar-refractivity contribution < 1.29 is 9.53 Å². The van der Waals surface area contributed by atoms with E-state index in [2.05, 4.69) is 51.4 Å². The fraction of sp³-hybridized carbons (Fsp3) is 0.227. The Morgan fingerprint density at radius 3 is 2.89 bits per heavy atom. The van der Waals surface area contributed by atoms with Crippen molar-refractivity contribution in [2.24, 2.45) is 0 Å². The first-order valence-electron chi connectivity index (χ1n) is 9.04. The summed E-state index contributed by atoms with van der Waals surface area (Å²) in [5, 5.41) is 1.23. The van der Waals surface area contributed by atoms with Gasteiger partial charge in [-0.05, 0) is 58.6 Å². The minimum Gasteiger partial charge on any atom is -0.483 e. The summed E-state index contributed by atoms with van der Waals surface area (Å²) in [4.78, 5) is 17.7. The first-order chi connectivity index (χ1) is 13.1. The van der Waals surface area contributed by atoms with Gasteiger partial charge in [-0.2, -0.15) is 0 Å². The zero-order valence-electron chi connectivity index (χ0n) is 15.2. The van der Waals surface area contributed by atoms with E-state index in [1.807, 2.05) is 36.1 Å². The van der Waals surface area contributed by atoms with Gasteiger partial charge in [-0.3, -0.25) is 4.79 Å². The molecule has 0 spiro atoms. The Morgan fingerprint density at radius 1 is 1.26 bits per heavy atom. The van der Waals surface area contributed by atoms with Crippen LogP contribution >= 0.6 is 15.9 Å². The van der Waals surface area contributed by atoms with Gasteiger partial charge in [0.25, 0.3) is 5.91 Å². The molecular formula is C22H21BrN2O2. The number of aromatic nitrogens is 1. The van der Waals surface area contributed by atoms with Crippen molar-refractivity contribution in [3.63, 3.8) is 0 Å². The summed E-state index contributed by atoms with van der Waals surface area (Å²) in [5.74, 6) is 0.706. The molecule has 5 heteroatoms. The second-order valence-electron chi connectivity index (χ2n) is 6.79. The zero-order chi connectivity index (χ0) is 18.8. The van der Waals surface area contributed by atoms with Gasteiger partial charge >= 0.3 is 0 Å². The van der Waals surface area contributed by atoms with E-state index >= 15 is 0 Å². The van der Waals surface area contributed by atoms with Crippen LogP contribution in [0.3, 0.4) is 0 Å². The number of para-hydroxylation sites is 1. The lowest BCUT2D eigenvalue weighted by Gasteiger charge is -2.26. The number of nitrogens with one attached hydrogen (secondary N) is 1. The lowest BCUT2D eigenvalue weighted by Crippen LogP contribution is -2.37. The molecule has 1 aliphatic rings. The number of benzene rings is 2. The number of carbonyl (C=O) groups excluding carboxylic acids is 1. The smallest absolute Gasteiger partial charge is 0.260 e. The Balaban J connectivity index is 1.40. The maximum absolute atomic E-state index is 12.5. The average molecular weight is 425 g/mol. The molecule has 27 heavy (non-hydrogen) atoms. The Bertz CT molecular complexity index is 1020. The van der Waals surface area contributed by atoms with Crippen LogP contribution in [0.15, 0.2) is 59.2 Å². The monoisotopic (exact) mass is 424 g/mol. The first kappa shape index (κ1) is 17.9. The summed E-state index contributed by atoms with van der Waals surface area (Å²) >= 11 is 3.48. The molecule has 0 bridgehead atoms. The quantitative estimate of drug-likeness (QED) is 0.644. The molecule has 2 heterocycles. The van der Waals surface area contributed by atoms with Crippen LogP contribution in [0.1, 0.15) is 17.5 Å². The Labute approximate surface area is 167 Å². The van der Waals surface area contributed by atoms with Gasteiger partial charge in [-0.15, -0.1) is 0 Å². The number of rotatable bonds is 4. The average Bonchev–Trinajstić information content (AvgIpc) is 3.11. The molecule has 1 aliphatic heterocycles. The summed E-state index contributed by atoms with van der Waals surface area (Å²) in [6.45, 7) is 3.40. The standard InChI is InChI=1S/C22H21BrN2O2/c1-15-6-7-21(19(23)12-15)27-14-22(26)25-10-8-16(9-11-25)18-13-24-20-5-3-2-4-17(18)20/h2-8,12-13,24H,9-11,14H2,1H3. The summed E-state index contributed by atoms with van der Waals surface area (Å²) in [5.41, 5.74) is 4.81. The number of H-pyrrole nitrogens is 1. The van der Waals surface area contributed by atoms with Crippen LogP contribution < -0.4 is 4.74 Å². The first-order valence-corrected chi connectivity index (χ1v) is 9.83. The summed E-state index contributed by atoms with van der Waals surface area (Å²) < 4.78 is 6.57. The van der Waals surface area contributed by atoms with Crippen molar-refractivity contribution in [1.29, 1.82) is 0 Å². The number of hydrogen-bond acceptors (Lipinski definition) is 2. The van der Waals surface area contributed by atoms with E-state index in [0.29, 0.717) is 18.8 Å². The predicted octanol–water partition coefficient (Wildman–Crippen LogP) is 4.93. The molecule has 1 aromatic heterocycles. The number of fused-ring (bicyclic) bond motifs is 1. The highest BCUT2D eigenvalue weighted by Gasteiger charge is 2.20. The fourth-order valence-electron chi connectivity index (χ4n) is 3.43. The normalized spacial score (nSPS) is 14.3. The molecule has 4 rings (SSSR count). The van der Waals surface area contributed by atoms with E-state index in [0.717, 1.165) is 22.0 Å². The number of ether oxygens (including phenoxy) is 1. The summed E-state index contributed by atoms with van der Waals surface area (Å²) in [6, 6.07) is 14.1. The molecule has 4 nitrogen and oxygen atoms in total. The van der Waals surface area contributed by atoms with Gasteiger partial charge in [-0.25, -0.2) is 0 Å². The van der Waals surface area contributed by atoms with Crippen LogP contribution in [0.2, 0.25) is 0 Å². The summed E-state index contributed by atoms with van der Waals surface area (Å²) in [7, 11) is 0. The van der Waals surface area contributed by atoms with Gasteiger partial charge < -0.3 is 14.6 Å². The second kappa shape index (κ2) is 7.61. The Morgan fingerprint density at radius 2 is 2.11 bits per heavy atom. The van der Waals surface area contributed by atoms with Crippen LogP contribution in [-0.2, 0) is 4.79 Å². The molecule has 3 aromatic rings. The third-order valence-corrected chi connectivity index (χ3v) is 5.56. The molecule has 1 N–H and O–H groups in total. The van der Waals surface area contributed by atoms with Gasteiger partial charge in [0.1, 0.15) is 5.75 Å². The molecule has 0 atom stereocenters. The van der Waals surface area contributed by atoms with Crippen LogP contribution in [0.25, 0.3) is 16.5 Å². The van der Waals surface area contributed by atoms with Crippen molar-refractivity contribution in [2.75, 3.05) is 19.7 Å². The number of aromatic amines is 1. The maximum atomic E-state index is 12.5. The van der Waals surface area contributed by atoms with E-state index in [9.17, 15) is 4.79 Å². The van der Waals surface area contributed by atoms with E-state index in [-0.39, 0.29) is 12.5 Å². The number of carbonyl (C=O) groups is 1. The van der Waals surface area contributed by atoms with Gasteiger partial charge in [0, 0.05) is 35.8 Å². The maximum Gasteiger partial charge on any atom is 0.260 e. The van der Waals surface area contributed by atoms with Gasteiger partial charge in [-0.1, -0.05) is 30.3 Å². The van der Waals surface area contributed by atoms with Crippen LogP contribution in [0.5, 0.6) is 5.75 Å². The summed E-state index contributed by atoms with van der Waals surface area (Å²) in [6.07, 6.45) is 5.06. The molecule has 0 fully saturated rings. The number of amides is 1. The topological polar surface area (TPSA) is 45.3 Å². The third-order valence-electron chi connectivity index (χ3n) is 4.94. The number of hydrogen-bond donors (Lipinski definition) is 1. The lowest BCUT2D eigenvalue weighted by molar-refractivity contribution is -0.132. The molecule has 0 saturated heterocycles. The number of halogens is 1. The van der Waals surface area contributed by atoms with Crippen molar-refractivity contribution in [3.8, 4) is 5.75 Å². The molecular weight excluding hydrogens is 404 g/mol. The van der Waals surface area contributed by atoms with Crippen molar-refractivity contribution in [1.82, 2.24) is 9.88 Å². The molecule has 0 unspecified atom stereocenters. The number of nitrogens with zero attached hydrogens (tertiary/aromatic N) is 1. The van der Waals surface area contributed by atoms with E-state index in [1.165, 1.54) is 16.5 Å². The minimum absolute atomic E-state index is 0.0108. The van der Waals surface area contributed by atoms with E-state index < -0.39 is 0 Å². The zero-order valence-corrected chi connectivity index (χ0v) is 16.8. The molecule has 0 aliphatic carbocycles. The Hall–Kier alpha value is -2.53. The van der Waals surface area contributed by atoms with Crippen LogP contribution in [-0.4, -0.2) is 35.5 Å². The van der Waals surface area contributed by atoms with Crippen LogP contribution in [0.4, 0.5) is 0 Å². The highest BCUT2D eigenvalue weighted by molar-refractivity contribution is 9.10. The molecule has 2 aromatic carbocycles. The minimum atomic E-state index is 0.0108. The fourth-order valence-corrected chi connectivity index (χ4v) is 4.04. The second-order valence-corrected chi connectivity index (χ2v) is 7.64. The lowest BCUT2D eigenvalue weighted by atomic mass is 9.99. The van der Waals surface area contributed by atoms with Crippen molar-refractivity contribution in [3.05, 3.63) is 70.3 Å². The molecule has 1 amide bonds. The van der Waals surface area contributed by atoms with E-state index in [4.69, 9.17) is 4.74 Å². The third kappa shape index (κ3) is 3.78. The predicted molar refractivity (Wildman–Crippen MR) is 112 cm³/mol.